The zero-order valence-electron chi connectivity index (χ0n) is 17.7. The van der Waals surface area contributed by atoms with Gasteiger partial charge in [0.25, 0.3) is 5.91 Å². The van der Waals surface area contributed by atoms with Crippen LogP contribution in [0.15, 0.2) is 82.8 Å². The SMILES string of the molecule is CCN(CC)c1ccc(/C=N\NC(=O)c2ccc(CSc3ccc(Cl)cc3)cc2)cc1. The number of halogens is 1. The summed E-state index contributed by atoms with van der Waals surface area (Å²) in [6.07, 6.45) is 1.65. The molecule has 0 atom stereocenters. The zero-order valence-corrected chi connectivity index (χ0v) is 19.3. The highest BCUT2D eigenvalue weighted by atomic mass is 35.5. The van der Waals surface area contributed by atoms with Gasteiger partial charge in [-0.3, -0.25) is 4.79 Å². The second kappa shape index (κ2) is 11.6. The number of hydrogen-bond donors (Lipinski definition) is 1. The number of benzene rings is 3. The predicted molar refractivity (Wildman–Crippen MR) is 133 cm³/mol. The monoisotopic (exact) mass is 451 g/mol. The van der Waals surface area contributed by atoms with Crippen molar-refractivity contribution in [3.63, 3.8) is 0 Å². The number of hydrogen-bond acceptors (Lipinski definition) is 4. The number of hydrazone groups is 1. The fourth-order valence-corrected chi connectivity index (χ4v) is 4.02. The van der Waals surface area contributed by atoms with E-state index in [1.54, 1.807) is 18.0 Å². The van der Waals surface area contributed by atoms with Crippen molar-refractivity contribution in [2.45, 2.75) is 24.5 Å². The van der Waals surface area contributed by atoms with E-state index in [1.165, 1.54) is 5.69 Å². The van der Waals surface area contributed by atoms with E-state index in [2.05, 4.69) is 41.4 Å². The molecule has 0 aliphatic heterocycles. The van der Waals surface area contributed by atoms with E-state index in [0.717, 1.165) is 39.9 Å². The number of anilines is 1. The van der Waals surface area contributed by atoms with Crippen LogP contribution in [-0.4, -0.2) is 25.2 Å². The summed E-state index contributed by atoms with van der Waals surface area (Å²) in [6.45, 7) is 6.22. The van der Waals surface area contributed by atoms with Gasteiger partial charge in [0.1, 0.15) is 0 Å². The van der Waals surface area contributed by atoms with Gasteiger partial charge in [0.05, 0.1) is 6.21 Å². The summed E-state index contributed by atoms with van der Waals surface area (Å²) in [4.78, 5) is 15.8. The second-order valence-electron chi connectivity index (χ2n) is 6.90. The van der Waals surface area contributed by atoms with E-state index in [4.69, 9.17) is 11.6 Å². The lowest BCUT2D eigenvalue weighted by Gasteiger charge is -2.20. The molecule has 4 nitrogen and oxygen atoms in total. The lowest BCUT2D eigenvalue weighted by Crippen LogP contribution is -2.21. The number of rotatable bonds is 9. The van der Waals surface area contributed by atoms with Crippen LogP contribution in [0.25, 0.3) is 0 Å². The Kier molecular flexibility index (Phi) is 8.56. The summed E-state index contributed by atoms with van der Waals surface area (Å²) in [5, 5.41) is 4.82. The molecule has 3 aromatic carbocycles. The molecule has 31 heavy (non-hydrogen) atoms. The van der Waals surface area contributed by atoms with Gasteiger partial charge >= 0.3 is 0 Å². The third-order valence-corrected chi connectivity index (χ3v) is 6.17. The number of nitrogens with one attached hydrogen (secondary N) is 1. The van der Waals surface area contributed by atoms with Gasteiger partial charge in [0, 0.05) is 40.0 Å². The van der Waals surface area contributed by atoms with Crippen LogP contribution in [0.2, 0.25) is 5.02 Å². The van der Waals surface area contributed by atoms with E-state index in [1.807, 2.05) is 60.7 Å². The third kappa shape index (κ3) is 6.88. The van der Waals surface area contributed by atoms with Crippen molar-refractivity contribution in [3.8, 4) is 0 Å². The third-order valence-electron chi connectivity index (χ3n) is 4.84. The normalized spacial score (nSPS) is 10.9. The summed E-state index contributed by atoms with van der Waals surface area (Å²) in [5.74, 6) is 0.596. The predicted octanol–water partition coefficient (Wildman–Crippen LogP) is 6.24. The molecule has 3 aromatic rings. The van der Waals surface area contributed by atoms with Crippen molar-refractivity contribution in [1.29, 1.82) is 0 Å². The van der Waals surface area contributed by atoms with Crippen molar-refractivity contribution in [3.05, 3.63) is 94.5 Å². The Balaban J connectivity index is 1.50. The van der Waals surface area contributed by atoms with Gasteiger partial charge in [0.15, 0.2) is 0 Å². The minimum absolute atomic E-state index is 0.229. The summed E-state index contributed by atoms with van der Waals surface area (Å²) in [7, 11) is 0. The van der Waals surface area contributed by atoms with Crippen LogP contribution < -0.4 is 10.3 Å². The summed E-state index contributed by atoms with van der Waals surface area (Å²) < 4.78 is 0. The van der Waals surface area contributed by atoms with Gasteiger partial charge in [-0.25, -0.2) is 5.43 Å². The fourth-order valence-electron chi connectivity index (χ4n) is 3.04. The molecule has 0 spiro atoms. The van der Waals surface area contributed by atoms with E-state index >= 15 is 0 Å². The highest BCUT2D eigenvalue weighted by molar-refractivity contribution is 7.98. The van der Waals surface area contributed by atoms with Gasteiger partial charge in [-0.05, 0) is 73.5 Å². The quantitative estimate of drug-likeness (QED) is 0.238. The van der Waals surface area contributed by atoms with Gasteiger partial charge in [-0.2, -0.15) is 5.10 Å². The van der Waals surface area contributed by atoms with Crippen LogP contribution in [0.4, 0.5) is 5.69 Å². The molecule has 0 saturated carbocycles. The molecule has 0 fully saturated rings. The Bertz CT molecular complexity index is 998. The maximum atomic E-state index is 12.3. The lowest BCUT2D eigenvalue weighted by atomic mass is 10.1. The van der Waals surface area contributed by atoms with Crippen molar-refractivity contribution >= 4 is 41.2 Å². The molecule has 1 N–H and O–H groups in total. The van der Waals surface area contributed by atoms with Crippen LogP contribution in [0.3, 0.4) is 0 Å². The van der Waals surface area contributed by atoms with Crippen LogP contribution in [0, 0.1) is 0 Å². The molecule has 0 saturated heterocycles. The van der Waals surface area contributed by atoms with Crippen LogP contribution >= 0.6 is 23.4 Å². The van der Waals surface area contributed by atoms with Crippen molar-refractivity contribution in [2.75, 3.05) is 18.0 Å². The number of amides is 1. The highest BCUT2D eigenvalue weighted by Gasteiger charge is 2.05. The zero-order chi connectivity index (χ0) is 22.1. The van der Waals surface area contributed by atoms with E-state index in [9.17, 15) is 4.79 Å². The average Bonchev–Trinajstić information content (AvgIpc) is 2.81. The Hall–Kier alpha value is -2.76. The average molecular weight is 452 g/mol. The summed E-state index contributed by atoms with van der Waals surface area (Å²) in [5.41, 5.74) is 6.43. The topological polar surface area (TPSA) is 44.7 Å². The Morgan fingerprint density at radius 3 is 2.23 bits per heavy atom. The van der Waals surface area contributed by atoms with E-state index in [0.29, 0.717) is 5.56 Å². The fraction of sp³-hybridized carbons (Fsp3) is 0.200. The molecule has 0 aliphatic carbocycles. The first-order valence-corrected chi connectivity index (χ1v) is 11.6. The number of carbonyl (C=O) groups excluding carboxylic acids is 1. The Morgan fingerprint density at radius 1 is 0.968 bits per heavy atom. The van der Waals surface area contributed by atoms with Crippen molar-refractivity contribution in [1.82, 2.24) is 5.43 Å². The molecule has 0 radical (unpaired) electrons. The molecular weight excluding hydrogens is 426 g/mol. The molecule has 6 heteroatoms. The smallest absolute Gasteiger partial charge is 0.271 e. The number of thioether (sulfide) groups is 1. The van der Waals surface area contributed by atoms with Crippen LogP contribution in [0.5, 0.6) is 0 Å². The lowest BCUT2D eigenvalue weighted by molar-refractivity contribution is 0.0955. The molecule has 0 bridgehead atoms. The maximum Gasteiger partial charge on any atom is 0.271 e. The maximum absolute atomic E-state index is 12.3. The minimum atomic E-state index is -0.229. The minimum Gasteiger partial charge on any atom is -0.372 e. The Morgan fingerprint density at radius 2 is 1.61 bits per heavy atom. The van der Waals surface area contributed by atoms with Gasteiger partial charge in [0.2, 0.25) is 0 Å². The molecule has 0 aliphatic rings. The van der Waals surface area contributed by atoms with Crippen LogP contribution in [0.1, 0.15) is 35.3 Å². The summed E-state index contributed by atoms with van der Waals surface area (Å²) in [6, 6.07) is 23.5. The first-order valence-electron chi connectivity index (χ1n) is 10.2. The van der Waals surface area contributed by atoms with Crippen molar-refractivity contribution in [2.24, 2.45) is 5.10 Å². The number of carbonyl (C=O) groups is 1. The van der Waals surface area contributed by atoms with E-state index < -0.39 is 0 Å². The van der Waals surface area contributed by atoms with Gasteiger partial charge in [-0.15, -0.1) is 11.8 Å². The molecular formula is C25H26ClN3OS. The van der Waals surface area contributed by atoms with Crippen molar-refractivity contribution < 1.29 is 4.79 Å². The van der Waals surface area contributed by atoms with Gasteiger partial charge in [-0.1, -0.05) is 35.9 Å². The second-order valence-corrected chi connectivity index (χ2v) is 8.39. The molecule has 1 amide bonds. The first-order chi connectivity index (χ1) is 15.1. The largest absolute Gasteiger partial charge is 0.372 e. The summed E-state index contributed by atoms with van der Waals surface area (Å²) >= 11 is 7.64. The van der Waals surface area contributed by atoms with Gasteiger partial charge < -0.3 is 4.90 Å². The standard InChI is InChI=1S/C25H26ClN3OS/c1-3-29(4-2)23-13-7-19(8-14-23)17-27-28-25(30)21-9-5-20(6-10-21)18-31-24-15-11-22(26)12-16-24/h5-17H,3-4,18H2,1-2H3,(H,28,30)/b27-17-. The highest BCUT2D eigenvalue weighted by Crippen LogP contribution is 2.24. The molecule has 3 rings (SSSR count). The number of nitrogens with zero attached hydrogens (tertiary/aromatic N) is 2. The molecule has 0 aromatic heterocycles. The molecule has 160 valence electrons. The van der Waals surface area contributed by atoms with Crippen LogP contribution in [-0.2, 0) is 5.75 Å². The Labute approximate surface area is 193 Å². The molecule has 0 unspecified atom stereocenters. The van der Waals surface area contributed by atoms with E-state index in [-0.39, 0.29) is 5.91 Å². The molecule has 0 heterocycles. The first kappa shape index (κ1) is 22.9.